The van der Waals surface area contributed by atoms with E-state index in [1.165, 1.54) is 12.2 Å². The second-order valence-corrected chi connectivity index (χ2v) is 5.98. The standard InChI is InChI=1S/C15H24N2OS/c1-3-12(2)11-19-10-6-9-15(18)17-14-8-5-4-7-13(14)16/h4-5,7-8,12H,3,6,9-11,16H2,1-2H3,(H,17,18). The van der Waals surface area contributed by atoms with Crippen LogP contribution in [0.2, 0.25) is 0 Å². The summed E-state index contributed by atoms with van der Waals surface area (Å²) in [6, 6.07) is 7.34. The van der Waals surface area contributed by atoms with E-state index in [0.717, 1.165) is 18.1 Å². The molecule has 0 bridgehead atoms. The number of nitrogens with one attached hydrogen (secondary N) is 1. The Balaban J connectivity index is 2.17. The normalized spacial score (nSPS) is 12.1. The lowest BCUT2D eigenvalue weighted by Gasteiger charge is -2.09. The molecule has 1 amide bonds. The van der Waals surface area contributed by atoms with Crippen molar-refractivity contribution in [2.24, 2.45) is 5.92 Å². The maximum absolute atomic E-state index is 11.7. The molecule has 106 valence electrons. The van der Waals surface area contributed by atoms with Crippen LogP contribution in [0.1, 0.15) is 33.1 Å². The van der Waals surface area contributed by atoms with Crippen LogP contribution in [0, 0.1) is 5.92 Å². The van der Waals surface area contributed by atoms with Crippen molar-refractivity contribution in [2.45, 2.75) is 33.1 Å². The van der Waals surface area contributed by atoms with E-state index in [9.17, 15) is 4.79 Å². The SMILES string of the molecule is CCC(C)CSCCCC(=O)Nc1ccccc1N. The number of hydrogen-bond donors (Lipinski definition) is 2. The first-order valence-electron chi connectivity index (χ1n) is 6.85. The minimum Gasteiger partial charge on any atom is -0.397 e. The summed E-state index contributed by atoms with van der Waals surface area (Å²) < 4.78 is 0. The van der Waals surface area contributed by atoms with Gasteiger partial charge in [0.1, 0.15) is 0 Å². The summed E-state index contributed by atoms with van der Waals surface area (Å²) >= 11 is 1.93. The van der Waals surface area contributed by atoms with E-state index in [0.29, 0.717) is 17.8 Å². The van der Waals surface area contributed by atoms with Crippen molar-refractivity contribution < 1.29 is 4.79 Å². The van der Waals surface area contributed by atoms with Gasteiger partial charge in [-0.2, -0.15) is 11.8 Å². The van der Waals surface area contributed by atoms with Crippen LogP contribution in [0.15, 0.2) is 24.3 Å². The van der Waals surface area contributed by atoms with Gasteiger partial charge in [0, 0.05) is 6.42 Å². The smallest absolute Gasteiger partial charge is 0.224 e. The fraction of sp³-hybridized carbons (Fsp3) is 0.533. The molecule has 1 rings (SSSR count). The maximum atomic E-state index is 11.7. The monoisotopic (exact) mass is 280 g/mol. The van der Waals surface area contributed by atoms with Crippen LogP contribution in [-0.4, -0.2) is 17.4 Å². The molecule has 3 nitrogen and oxygen atoms in total. The molecule has 0 aromatic heterocycles. The summed E-state index contributed by atoms with van der Waals surface area (Å²) in [5.41, 5.74) is 7.10. The highest BCUT2D eigenvalue weighted by atomic mass is 32.2. The van der Waals surface area contributed by atoms with E-state index in [-0.39, 0.29) is 5.91 Å². The van der Waals surface area contributed by atoms with Gasteiger partial charge in [-0.25, -0.2) is 0 Å². The lowest BCUT2D eigenvalue weighted by molar-refractivity contribution is -0.116. The number of benzene rings is 1. The molecule has 0 aliphatic heterocycles. The van der Waals surface area contributed by atoms with Crippen LogP contribution in [-0.2, 0) is 4.79 Å². The highest BCUT2D eigenvalue weighted by Crippen LogP contribution is 2.17. The van der Waals surface area contributed by atoms with Crippen molar-refractivity contribution in [3.8, 4) is 0 Å². The summed E-state index contributed by atoms with van der Waals surface area (Å²) in [7, 11) is 0. The van der Waals surface area contributed by atoms with Crippen molar-refractivity contribution in [3.05, 3.63) is 24.3 Å². The second-order valence-electron chi connectivity index (χ2n) is 4.83. The first-order valence-corrected chi connectivity index (χ1v) is 8.01. The Morgan fingerprint density at radius 1 is 1.42 bits per heavy atom. The molecule has 3 N–H and O–H groups in total. The molecule has 0 saturated carbocycles. The molecule has 0 radical (unpaired) electrons. The quantitative estimate of drug-likeness (QED) is 0.563. The Bertz CT molecular complexity index is 395. The third-order valence-electron chi connectivity index (χ3n) is 3.03. The number of anilines is 2. The largest absolute Gasteiger partial charge is 0.397 e. The van der Waals surface area contributed by atoms with E-state index in [1.807, 2.05) is 30.0 Å². The molecular weight excluding hydrogens is 256 g/mol. The van der Waals surface area contributed by atoms with Crippen LogP contribution in [0.4, 0.5) is 11.4 Å². The number of carbonyl (C=O) groups is 1. The number of nitrogens with two attached hydrogens (primary N) is 1. The minimum atomic E-state index is 0.0436. The van der Waals surface area contributed by atoms with Gasteiger partial charge in [-0.3, -0.25) is 4.79 Å². The Kier molecular flexibility index (Phi) is 7.41. The molecule has 0 aliphatic rings. The number of amides is 1. The lowest BCUT2D eigenvalue weighted by Crippen LogP contribution is -2.12. The molecule has 0 fully saturated rings. The van der Waals surface area contributed by atoms with Crippen molar-refractivity contribution in [2.75, 3.05) is 22.6 Å². The van der Waals surface area contributed by atoms with Crippen molar-refractivity contribution >= 4 is 29.0 Å². The molecule has 1 aromatic carbocycles. The summed E-state index contributed by atoms with van der Waals surface area (Å²) in [6.45, 7) is 4.47. The lowest BCUT2D eigenvalue weighted by atomic mass is 10.2. The number of thioether (sulfide) groups is 1. The average molecular weight is 280 g/mol. The van der Waals surface area contributed by atoms with Gasteiger partial charge in [-0.05, 0) is 36.0 Å². The minimum absolute atomic E-state index is 0.0436. The Labute approximate surface area is 120 Å². The summed E-state index contributed by atoms with van der Waals surface area (Å²) in [4.78, 5) is 11.7. The molecule has 19 heavy (non-hydrogen) atoms. The van der Waals surface area contributed by atoms with Gasteiger partial charge in [-0.15, -0.1) is 0 Å². The molecule has 4 heteroatoms. The fourth-order valence-electron chi connectivity index (χ4n) is 1.56. The van der Waals surface area contributed by atoms with Crippen LogP contribution in [0.25, 0.3) is 0 Å². The average Bonchev–Trinajstić information content (AvgIpc) is 2.40. The van der Waals surface area contributed by atoms with Gasteiger partial charge in [0.25, 0.3) is 0 Å². The molecule has 1 atom stereocenters. The predicted octanol–water partition coefficient (Wildman–Crippen LogP) is 3.77. The van der Waals surface area contributed by atoms with Crippen LogP contribution in [0.3, 0.4) is 0 Å². The zero-order valence-corrected chi connectivity index (χ0v) is 12.6. The summed E-state index contributed by atoms with van der Waals surface area (Å²) in [5.74, 6) is 3.04. The number of rotatable bonds is 8. The zero-order chi connectivity index (χ0) is 14.1. The van der Waals surface area contributed by atoms with E-state index in [1.54, 1.807) is 6.07 Å². The van der Waals surface area contributed by atoms with Gasteiger partial charge in [0.2, 0.25) is 5.91 Å². The zero-order valence-electron chi connectivity index (χ0n) is 11.8. The second kappa shape index (κ2) is 8.86. The highest BCUT2D eigenvalue weighted by Gasteiger charge is 2.05. The molecule has 1 aromatic rings. The molecule has 1 unspecified atom stereocenters. The van der Waals surface area contributed by atoms with E-state index in [2.05, 4.69) is 19.2 Å². The van der Waals surface area contributed by atoms with Crippen molar-refractivity contribution in [1.29, 1.82) is 0 Å². The Hall–Kier alpha value is -1.16. The fourth-order valence-corrected chi connectivity index (χ4v) is 2.71. The van der Waals surface area contributed by atoms with Gasteiger partial charge in [-0.1, -0.05) is 32.4 Å². The summed E-state index contributed by atoms with van der Waals surface area (Å²) in [6.07, 6.45) is 2.70. The van der Waals surface area contributed by atoms with Crippen molar-refractivity contribution in [3.63, 3.8) is 0 Å². The molecule has 0 aliphatic carbocycles. The van der Waals surface area contributed by atoms with Crippen LogP contribution in [0.5, 0.6) is 0 Å². The molecule has 0 heterocycles. The highest BCUT2D eigenvalue weighted by molar-refractivity contribution is 7.99. The first kappa shape index (κ1) is 15.9. The molecule has 0 saturated heterocycles. The third-order valence-corrected chi connectivity index (χ3v) is 4.41. The number of hydrogen-bond acceptors (Lipinski definition) is 3. The van der Waals surface area contributed by atoms with Crippen molar-refractivity contribution in [1.82, 2.24) is 0 Å². The van der Waals surface area contributed by atoms with Gasteiger partial charge in [0.05, 0.1) is 11.4 Å². The number of carbonyl (C=O) groups excluding carboxylic acids is 1. The van der Waals surface area contributed by atoms with Gasteiger partial charge in [0.15, 0.2) is 0 Å². The first-order chi connectivity index (χ1) is 9.13. The predicted molar refractivity (Wildman–Crippen MR) is 85.5 cm³/mol. The Morgan fingerprint density at radius 3 is 2.84 bits per heavy atom. The molecule has 0 spiro atoms. The molecular formula is C15H24N2OS. The van der Waals surface area contributed by atoms with Gasteiger partial charge < -0.3 is 11.1 Å². The Morgan fingerprint density at radius 2 is 2.16 bits per heavy atom. The van der Waals surface area contributed by atoms with Gasteiger partial charge >= 0.3 is 0 Å². The third kappa shape index (κ3) is 6.53. The number of nitrogen functional groups attached to an aromatic ring is 1. The van der Waals surface area contributed by atoms with Crippen LogP contribution >= 0.6 is 11.8 Å². The van der Waals surface area contributed by atoms with Crippen LogP contribution < -0.4 is 11.1 Å². The summed E-state index contributed by atoms with van der Waals surface area (Å²) in [5, 5.41) is 2.85. The van der Waals surface area contributed by atoms with E-state index < -0.39 is 0 Å². The van der Waals surface area contributed by atoms with E-state index >= 15 is 0 Å². The number of para-hydroxylation sites is 2. The maximum Gasteiger partial charge on any atom is 0.224 e. The van der Waals surface area contributed by atoms with E-state index in [4.69, 9.17) is 5.73 Å². The topological polar surface area (TPSA) is 55.1 Å².